The van der Waals surface area contributed by atoms with Gasteiger partial charge in [-0.3, -0.25) is 10.0 Å². The van der Waals surface area contributed by atoms with E-state index in [0.717, 1.165) is 12.8 Å². The van der Waals surface area contributed by atoms with Gasteiger partial charge in [0.1, 0.15) is 18.6 Å². The highest BCUT2D eigenvalue weighted by Gasteiger charge is 2.33. The standard InChI is InChI=1S/C14H19Cl2N3O/c1-2-3-6-14(20,8-19-10-17-9-18-19)12-5-4-11(15)7-13(12)16/h4-5,7,10,18,20H,2-3,6,8-9H2,1H3. The predicted octanol–water partition coefficient (Wildman–Crippen LogP) is 3.18. The van der Waals surface area contributed by atoms with Crippen molar-refractivity contribution in [1.82, 2.24) is 10.4 Å². The van der Waals surface area contributed by atoms with Crippen molar-refractivity contribution in [1.29, 1.82) is 0 Å². The van der Waals surface area contributed by atoms with Crippen LogP contribution in [0.4, 0.5) is 0 Å². The van der Waals surface area contributed by atoms with E-state index in [2.05, 4.69) is 17.3 Å². The fraction of sp³-hybridized carbons (Fsp3) is 0.500. The van der Waals surface area contributed by atoms with E-state index in [9.17, 15) is 5.11 Å². The van der Waals surface area contributed by atoms with Gasteiger partial charge >= 0.3 is 0 Å². The zero-order chi connectivity index (χ0) is 14.6. The molecule has 0 bridgehead atoms. The van der Waals surface area contributed by atoms with Gasteiger partial charge in [-0.25, -0.2) is 5.43 Å². The number of rotatable bonds is 6. The molecule has 2 rings (SSSR count). The molecule has 2 N–H and O–H groups in total. The molecule has 0 saturated heterocycles. The summed E-state index contributed by atoms with van der Waals surface area (Å²) in [5, 5.41) is 13.9. The highest BCUT2D eigenvalue weighted by Crippen LogP contribution is 2.34. The molecule has 1 heterocycles. The molecule has 1 aliphatic heterocycles. The second kappa shape index (κ2) is 6.76. The molecule has 0 fully saturated rings. The molecule has 0 spiro atoms. The normalized spacial score (nSPS) is 17.5. The van der Waals surface area contributed by atoms with Gasteiger partial charge in [-0.2, -0.15) is 0 Å². The van der Waals surface area contributed by atoms with Crippen LogP contribution in [0.3, 0.4) is 0 Å². The Bertz CT molecular complexity index is 495. The van der Waals surface area contributed by atoms with E-state index in [4.69, 9.17) is 23.2 Å². The van der Waals surface area contributed by atoms with Gasteiger partial charge in [0.15, 0.2) is 0 Å². The molecule has 1 aromatic carbocycles. The number of β-amino-alcohol motifs (C(OH)–C–C–N with tert-alkyl or cyclic N) is 1. The molecular weight excluding hydrogens is 297 g/mol. The van der Waals surface area contributed by atoms with Gasteiger partial charge < -0.3 is 5.11 Å². The molecule has 0 aliphatic carbocycles. The van der Waals surface area contributed by atoms with Crippen LogP contribution in [0.2, 0.25) is 10.0 Å². The molecule has 0 saturated carbocycles. The maximum Gasteiger partial charge on any atom is 0.110 e. The number of benzene rings is 1. The molecule has 1 aromatic rings. The van der Waals surface area contributed by atoms with Crippen molar-refractivity contribution in [3.8, 4) is 0 Å². The van der Waals surface area contributed by atoms with Gasteiger partial charge in [0.25, 0.3) is 0 Å². The Hall–Kier alpha value is -0.810. The Morgan fingerprint density at radius 1 is 1.45 bits per heavy atom. The lowest BCUT2D eigenvalue weighted by molar-refractivity contribution is -0.000422. The van der Waals surface area contributed by atoms with Crippen LogP contribution in [-0.2, 0) is 5.60 Å². The fourth-order valence-corrected chi connectivity index (χ4v) is 2.91. The minimum atomic E-state index is -1.03. The molecule has 6 heteroatoms. The van der Waals surface area contributed by atoms with Gasteiger partial charge in [-0.05, 0) is 18.6 Å². The molecule has 0 amide bonds. The van der Waals surface area contributed by atoms with Crippen LogP contribution in [0.15, 0.2) is 23.2 Å². The molecule has 1 unspecified atom stereocenters. The number of nitrogens with zero attached hydrogens (tertiary/aromatic N) is 2. The first-order valence-corrected chi connectivity index (χ1v) is 7.49. The molecule has 0 aromatic heterocycles. The number of aliphatic hydroxyl groups is 1. The summed E-state index contributed by atoms with van der Waals surface area (Å²) in [6, 6.07) is 5.22. The van der Waals surface area contributed by atoms with E-state index >= 15 is 0 Å². The second-order valence-electron chi connectivity index (χ2n) is 5.00. The summed E-state index contributed by atoms with van der Waals surface area (Å²) < 4.78 is 0. The summed E-state index contributed by atoms with van der Waals surface area (Å²) in [5.74, 6) is 0. The number of nitrogens with one attached hydrogen (secondary N) is 1. The third-order valence-electron chi connectivity index (χ3n) is 3.39. The third kappa shape index (κ3) is 3.64. The first-order valence-electron chi connectivity index (χ1n) is 6.73. The Balaban J connectivity index is 2.26. The van der Waals surface area contributed by atoms with E-state index in [1.807, 2.05) is 0 Å². The van der Waals surface area contributed by atoms with E-state index in [0.29, 0.717) is 35.2 Å². The van der Waals surface area contributed by atoms with Crippen LogP contribution in [0, 0.1) is 0 Å². The maximum atomic E-state index is 11.1. The Kier molecular flexibility index (Phi) is 5.27. The average molecular weight is 316 g/mol. The van der Waals surface area contributed by atoms with Gasteiger partial charge in [-0.1, -0.05) is 49.0 Å². The lowest BCUT2D eigenvalue weighted by Gasteiger charge is -2.33. The minimum Gasteiger partial charge on any atom is -0.383 e. The number of hydrazine groups is 1. The number of aliphatic imine (C=N–C) groups is 1. The van der Waals surface area contributed by atoms with Crippen LogP contribution >= 0.6 is 23.2 Å². The molecule has 0 radical (unpaired) electrons. The number of unbranched alkanes of at least 4 members (excludes halogenated alkanes) is 1. The molecule has 1 atom stereocenters. The molecule has 4 nitrogen and oxygen atoms in total. The Morgan fingerprint density at radius 3 is 2.85 bits per heavy atom. The van der Waals surface area contributed by atoms with E-state index in [-0.39, 0.29) is 0 Å². The first kappa shape index (κ1) is 15.6. The van der Waals surface area contributed by atoms with Crippen LogP contribution in [0.5, 0.6) is 0 Å². The lowest BCUT2D eigenvalue weighted by atomic mass is 9.88. The van der Waals surface area contributed by atoms with Crippen molar-refractivity contribution in [2.45, 2.75) is 31.8 Å². The Labute approximate surface area is 129 Å². The Morgan fingerprint density at radius 2 is 2.25 bits per heavy atom. The summed E-state index contributed by atoms with van der Waals surface area (Å²) in [4.78, 5) is 4.08. The molecular formula is C14H19Cl2N3O. The first-order chi connectivity index (χ1) is 9.55. The minimum absolute atomic E-state index is 0.401. The van der Waals surface area contributed by atoms with Gasteiger partial charge in [-0.15, -0.1) is 0 Å². The molecule has 110 valence electrons. The van der Waals surface area contributed by atoms with Crippen molar-refractivity contribution in [3.05, 3.63) is 33.8 Å². The van der Waals surface area contributed by atoms with Crippen LogP contribution < -0.4 is 5.43 Å². The van der Waals surface area contributed by atoms with Crippen molar-refractivity contribution < 1.29 is 5.11 Å². The van der Waals surface area contributed by atoms with Gasteiger partial charge in [0.2, 0.25) is 0 Å². The van der Waals surface area contributed by atoms with Crippen LogP contribution in [0.1, 0.15) is 31.7 Å². The summed E-state index contributed by atoms with van der Waals surface area (Å²) in [7, 11) is 0. The van der Waals surface area contributed by atoms with E-state index in [1.54, 1.807) is 29.5 Å². The third-order valence-corrected chi connectivity index (χ3v) is 3.94. The summed E-state index contributed by atoms with van der Waals surface area (Å²) in [6.45, 7) is 3.04. The second-order valence-corrected chi connectivity index (χ2v) is 5.85. The predicted molar refractivity (Wildman–Crippen MR) is 83.1 cm³/mol. The monoisotopic (exact) mass is 315 g/mol. The summed E-state index contributed by atoms with van der Waals surface area (Å²) in [5.41, 5.74) is 2.75. The SMILES string of the molecule is CCCCC(O)(CN1C=NCN1)c1ccc(Cl)cc1Cl. The highest BCUT2D eigenvalue weighted by atomic mass is 35.5. The number of hydrogen-bond acceptors (Lipinski definition) is 4. The van der Waals surface area contributed by atoms with Gasteiger partial charge in [0.05, 0.1) is 6.54 Å². The van der Waals surface area contributed by atoms with E-state index in [1.165, 1.54) is 0 Å². The zero-order valence-electron chi connectivity index (χ0n) is 11.4. The van der Waals surface area contributed by atoms with Crippen molar-refractivity contribution >= 4 is 29.5 Å². The lowest BCUT2D eigenvalue weighted by Crippen LogP contribution is -2.44. The smallest absolute Gasteiger partial charge is 0.110 e. The van der Waals surface area contributed by atoms with Crippen LogP contribution in [-0.4, -0.2) is 29.7 Å². The maximum absolute atomic E-state index is 11.1. The highest BCUT2D eigenvalue weighted by molar-refractivity contribution is 6.35. The topological polar surface area (TPSA) is 47.9 Å². The summed E-state index contributed by atoms with van der Waals surface area (Å²) in [6.07, 6.45) is 4.26. The number of hydrogen-bond donors (Lipinski definition) is 2. The quantitative estimate of drug-likeness (QED) is 0.847. The van der Waals surface area contributed by atoms with E-state index < -0.39 is 5.60 Å². The van der Waals surface area contributed by atoms with Crippen LogP contribution in [0.25, 0.3) is 0 Å². The van der Waals surface area contributed by atoms with Crippen molar-refractivity contribution in [2.75, 3.05) is 13.2 Å². The largest absolute Gasteiger partial charge is 0.383 e. The van der Waals surface area contributed by atoms with Gasteiger partial charge in [0, 0.05) is 15.6 Å². The van der Waals surface area contributed by atoms with Crippen molar-refractivity contribution in [2.24, 2.45) is 4.99 Å². The fourth-order valence-electron chi connectivity index (χ4n) is 2.33. The molecule has 20 heavy (non-hydrogen) atoms. The summed E-state index contributed by atoms with van der Waals surface area (Å²) >= 11 is 12.2. The number of halogens is 2. The van der Waals surface area contributed by atoms with Crippen molar-refractivity contribution in [3.63, 3.8) is 0 Å². The zero-order valence-corrected chi connectivity index (χ0v) is 13.0. The molecule has 1 aliphatic rings. The average Bonchev–Trinajstić information content (AvgIpc) is 2.88.